The molecule has 0 saturated carbocycles. The molecule has 3 N–H and O–H groups in total. The Kier molecular flexibility index (Phi) is 7.18. The fourth-order valence-corrected chi connectivity index (χ4v) is 2.82. The van der Waals surface area contributed by atoms with E-state index in [1.807, 2.05) is 0 Å². The standard InChI is InChI=1S/C18H12Cl2F2N6O4/c19-9-1-4-14(11(20)5-9)32-7-15(29)26-27-18-16(28(30)31)17(23-8-24-18)25-13-6-10(21)2-3-12(13)22/h1-6,8H,7H2,(H,26,29)(H2,23,24,25,27). The van der Waals surface area contributed by atoms with Crippen LogP contribution in [0.15, 0.2) is 42.7 Å². The maximum atomic E-state index is 13.9. The molecule has 0 aliphatic rings. The Labute approximate surface area is 188 Å². The van der Waals surface area contributed by atoms with Crippen LogP contribution in [0.2, 0.25) is 10.0 Å². The highest BCUT2D eigenvalue weighted by Crippen LogP contribution is 2.32. The number of hydrazine groups is 1. The lowest BCUT2D eigenvalue weighted by molar-refractivity contribution is -0.383. The van der Waals surface area contributed by atoms with E-state index >= 15 is 0 Å². The van der Waals surface area contributed by atoms with Gasteiger partial charge in [0, 0.05) is 11.1 Å². The molecule has 3 rings (SSSR count). The molecular weight excluding hydrogens is 473 g/mol. The molecule has 166 valence electrons. The van der Waals surface area contributed by atoms with Crippen molar-refractivity contribution in [3.05, 3.63) is 74.5 Å². The summed E-state index contributed by atoms with van der Waals surface area (Å²) in [5, 5.41) is 14.4. The number of carbonyl (C=O) groups excluding carboxylic acids is 1. The Balaban J connectivity index is 1.71. The van der Waals surface area contributed by atoms with Gasteiger partial charge >= 0.3 is 5.69 Å². The average Bonchev–Trinajstić information content (AvgIpc) is 2.74. The second-order valence-corrected chi connectivity index (χ2v) is 6.81. The normalized spacial score (nSPS) is 10.4. The summed E-state index contributed by atoms with van der Waals surface area (Å²) < 4.78 is 32.5. The SMILES string of the molecule is O=C(COc1ccc(Cl)cc1Cl)NNc1ncnc(Nc2cc(F)ccc2F)c1[N+](=O)[O-]. The van der Waals surface area contributed by atoms with Crippen molar-refractivity contribution >= 4 is 52.1 Å². The van der Waals surface area contributed by atoms with Crippen LogP contribution in [0.4, 0.5) is 31.8 Å². The van der Waals surface area contributed by atoms with Gasteiger partial charge in [-0.05, 0) is 30.3 Å². The molecule has 0 fully saturated rings. The number of rotatable bonds is 8. The zero-order valence-corrected chi connectivity index (χ0v) is 17.2. The molecule has 0 radical (unpaired) electrons. The molecule has 0 spiro atoms. The van der Waals surface area contributed by atoms with Crippen molar-refractivity contribution in [1.82, 2.24) is 15.4 Å². The van der Waals surface area contributed by atoms with Crippen LogP contribution >= 0.6 is 23.2 Å². The first-order valence-corrected chi connectivity index (χ1v) is 9.34. The molecule has 1 aromatic heterocycles. The molecule has 32 heavy (non-hydrogen) atoms. The van der Waals surface area contributed by atoms with Crippen molar-refractivity contribution < 1.29 is 23.2 Å². The van der Waals surface area contributed by atoms with Gasteiger partial charge in [0.05, 0.1) is 15.6 Å². The number of nitro groups is 1. The number of ether oxygens (including phenoxy) is 1. The Bertz CT molecular complexity index is 1180. The minimum atomic E-state index is -0.863. The third-order valence-electron chi connectivity index (χ3n) is 3.76. The van der Waals surface area contributed by atoms with E-state index in [-0.39, 0.29) is 16.5 Å². The van der Waals surface area contributed by atoms with E-state index in [2.05, 4.69) is 26.1 Å². The third kappa shape index (κ3) is 5.68. The van der Waals surface area contributed by atoms with Crippen LogP contribution in [-0.4, -0.2) is 27.4 Å². The lowest BCUT2D eigenvalue weighted by atomic mass is 10.3. The molecule has 10 nitrogen and oxygen atoms in total. The molecule has 0 saturated heterocycles. The number of halogens is 4. The Morgan fingerprint density at radius 1 is 1.12 bits per heavy atom. The maximum absolute atomic E-state index is 13.9. The number of benzene rings is 2. The lowest BCUT2D eigenvalue weighted by Crippen LogP contribution is -2.34. The Morgan fingerprint density at radius 3 is 2.59 bits per heavy atom. The number of carbonyl (C=O) groups is 1. The molecule has 0 unspecified atom stereocenters. The van der Waals surface area contributed by atoms with Gasteiger partial charge < -0.3 is 10.1 Å². The lowest BCUT2D eigenvalue weighted by Gasteiger charge is -2.12. The minimum Gasteiger partial charge on any atom is -0.482 e. The highest BCUT2D eigenvalue weighted by molar-refractivity contribution is 6.35. The molecule has 0 bridgehead atoms. The predicted octanol–water partition coefficient (Wildman–Crippen LogP) is 4.24. The number of hydrogen-bond donors (Lipinski definition) is 3. The van der Waals surface area contributed by atoms with Crippen molar-refractivity contribution in [3.63, 3.8) is 0 Å². The van der Waals surface area contributed by atoms with Gasteiger partial charge in [-0.25, -0.2) is 18.7 Å². The number of nitrogens with one attached hydrogen (secondary N) is 3. The van der Waals surface area contributed by atoms with E-state index in [9.17, 15) is 23.7 Å². The summed E-state index contributed by atoms with van der Waals surface area (Å²) in [6.07, 6.45) is 0.922. The quantitative estimate of drug-likeness (QED) is 0.319. The fourth-order valence-electron chi connectivity index (χ4n) is 2.36. The number of aromatic nitrogens is 2. The zero-order valence-electron chi connectivity index (χ0n) is 15.7. The van der Waals surface area contributed by atoms with Gasteiger partial charge in [-0.2, -0.15) is 0 Å². The first kappa shape index (κ1) is 22.9. The van der Waals surface area contributed by atoms with Gasteiger partial charge in [0.2, 0.25) is 11.6 Å². The van der Waals surface area contributed by atoms with Gasteiger partial charge in [-0.15, -0.1) is 0 Å². The largest absolute Gasteiger partial charge is 0.482 e. The van der Waals surface area contributed by atoms with Crippen molar-refractivity contribution in [3.8, 4) is 5.75 Å². The van der Waals surface area contributed by atoms with Gasteiger partial charge in [-0.1, -0.05) is 23.2 Å². The smallest absolute Gasteiger partial charge is 0.355 e. The van der Waals surface area contributed by atoms with Crippen molar-refractivity contribution in [1.29, 1.82) is 0 Å². The number of amides is 1. The van der Waals surface area contributed by atoms with Crippen LogP contribution in [-0.2, 0) is 4.79 Å². The van der Waals surface area contributed by atoms with E-state index < -0.39 is 46.4 Å². The van der Waals surface area contributed by atoms with Crippen molar-refractivity contribution in [2.24, 2.45) is 0 Å². The summed E-state index contributed by atoms with van der Waals surface area (Å²) >= 11 is 11.7. The number of anilines is 3. The summed E-state index contributed by atoms with van der Waals surface area (Å²) in [4.78, 5) is 30.1. The molecule has 1 amide bonds. The monoisotopic (exact) mass is 484 g/mol. The van der Waals surface area contributed by atoms with Crippen LogP contribution in [0, 0.1) is 21.7 Å². The van der Waals surface area contributed by atoms with E-state index in [0.29, 0.717) is 5.02 Å². The van der Waals surface area contributed by atoms with E-state index in [0.717, 1.165) is 24.5 Å². The van der Waals surface area contributed by atoms with Gasteiger partial charge in [-0.3, -0.25) is 25.8 Å². The zero-order chi connectivity index (χ0) is 23.3. The summed E-state index contributed by atoms with van der Waals surface area (Å²) in [6, 6.07) is 6.93. The summed E-state index contributed by atoms with van der Waals surface area (Å²) in [5.41, 5.74) is 3.34. The van der Waals surface area contributed by atoms with Crippen LogP contribution in [0.3, 0.4) is 0 Å². The van der Waals surface area contributed by atoms with Gasteiger partial charge in [0.15, 0.2) is 6.61 Å². The first-order chi connectivity index (χ1) is 15.2. The van der Waals surface area contributed by atoms with Crippen LogP contribution in [0.1, 0.15) is 0 Å². The molecule has 0 atom stereocenters. The van der Waals surface area contributed by atoms with Crippen molar-refractivity contribution in [2.75, 3.05) is 17.3 Å². The van der Waals surface area contributed by atoms with Crippen LogP contribution in [0.25, 0.3) is 0 Å². The van der Waals surface area contributed by atoms with Crippen LogP contribution in [0.5, 0.6) is 5.75 Å². The summed E-state index contributed by atoms with van der Waals surface area (Å²) in [7, 11) is 0. The van der Waals surface area contributed by atoms with Gasteiger partial charge in [0.25, 0.3) is 5.91 Å². The molecule has 3 aromatic rings. The molecule has 0 aliphatic heterocycles. The summed E-state index contributed by atoms with van der Waals surface area (Å²) in [6.45, 7) is -0.493. The number of nitrogens with zero attached hydrogens (tertiary/aromatic N) is 3. The minimum absolute atomic E-state index is 0.185. The van der Waals surface area contributed by atoms with E-state index in [4.69, 9.17) is 27.9 Å². The van der Waals surface area contributed by atoms with Crippen molar-refractivity contribution in [2.45, 2.75) is 0 Å². The molecular formula is C18H12Cl2F2N6O4. The highest BCUT2D eigenvalue weighted by atomic mass is 35.5. The highest BCUT2D eigenvalue weighted by Gasteiger charge is 2.24. The topological polar surface area (TPSA) is 131 Å². The summed E-state index contributed by atoms with van der Waals surface area (Å²) in [5.74, 6) is -3.01. The second kappa shape index (κ2) is 10.0. The molecule has 0 aliphatic carbocycles. The first-order valence-electron chi connectivity index (χ1n) is 8.58. The van der Waals surface area contributed by atoms with Crippen LogP contribution < -0.4 is 20.9 Å². The third-order valence-corrected chi connectivity index (χ3v) is 4.29. The average molecular weight is 485 g/mol. The molecule has 14 heteroatoms. The molecule has 2 aromatic carbocycles. The second-order valence-electron chi connectivity index (χ2n) is 5.96. The van der Waals surface area contributed by atoms with Gasteiger partial charge in [0.1, 0.15) is 23.7 Å². The predicted molar refractivity (Wildman–Crippen MR) is 112 cm³/mol. The van der Waals surface area contributed by atoms with E-state index in [1.54, 1.807) is 0 Å². The fraction of sp³-hybridized carbons (Fsp3) is 0.0556. The molecule has 1 heterocycles. The Hall–Kier alpha value is -3.77. The number of hydrogen-bond acceptors (Lipinski definition) is 8. The maximum Gasteiger partial charge on any atom is 0.355 e. The Morgan fingerprint density at radius 2 is 1.88 bits per heavy atom. The van der Waals surface area contributed by atoms with E-state index in [1.165, 1.54) is 18.2 Å².